The fourth-order valence-electron chi connectivity index (χ4n) is 6.27. The summed E-state index contributed by atoms with van der Waals surface area (Å²) in [5.41, 5.74) is 3.89. The second kappa shape index (κ2) is 12.8. The van der Waals surface area contributed by atoms with Gasteiger partial charge in [0.2, 0.25) is 11.8 Å². The molecule has 7 nitrogen and oxygen atoms in total. The Balaban J connectivity index is 1.60. The summed E-state index contributed by atoms with van der Waals surface area (Å²) in [6.45, 7) is 5.95. The first-order valence-electron chi connectivity index (χ1n) is 14.4. The van der Waals surface area contributed by atoms with E-state index in [0.29, 0.717) is 12.1 Å². The van der Waals surface area contributed by atoms with Crippen molar-refractivity contribution in [2.75, 3.05) is 34.2 Å². The molecule has 0 saturated carbocycles. The summed E-state index contributed by atoms with van der Waals surface area (Å²) in [6.07, 6.45) is 4.04. The largest absolute Gasteiger partial charge is 0.342 e. The van der Waals surface area contributed by atoms with Crippen molar-refractivity contribution in [2.24, 2.45) is 11.8 Å². The zero-order valence-corrected chi connectivity index (χ0v) is 24.2. The lowest BCUT2D eigenvalue weighted by atomic mass is 9.85. The molecule has 2 aliphatic rings. The molecule has 1 saturated heterocycles. The molecule has 1 heterocycles. The van der Waals surface area contributed by atoms with E-state index in [4.69, 9.17) is 0 Å². The maximum Gasteiger partial charge on any atom is 0.253 e. The van der Waals surface area contributed by atoms with Gasteiger partial charge in [-0.25, -0.2) is 0 Å². The summed E-state index contributed by atoms with van der Waals surface area (Å²) < 4.78 is 0. The smallest absolute Gasteiger partial charge is 0.253 e. The van der Waals surface area contributed by atoms with Crippen LogP contribution in [-0.4, -0.2) is 78.7 Å². The van der Waals surface area contributed by atoms with E-state index in [0.717, 1.165) is 44.2 Å². The van der Waals surface area contributed by atoms with Crippen molar-refractivity contribution >= 4 is 17.7 Å². The highest BCUT2D eigenvalue weighted by atomic mass is 16.2. The first-order chi connectivity index (χ1) is 18.7. The molecule has 1 aliphatic heterocycles. The topological polar surface area (TPSA) is 73.0 Å². The van der Waals surface area contributed by atoms with Gasteiger partial charge in [-0.3, -0.25) is 14.4 Å². The number of hydrogen-bond acceptors (Lipinski definition) is 4. The summed E-state index contributed by atoms with van der Waals surface area (Å²) in [6, 6.07) is 14.7. The van der Waals surface area contributed by atoms with Crippen LogP contribution in [0.4, 0.5) is 0 Å². The number of benzene rings is 2. The Bertz CT molecular complexity index is 1150. The van der Waals surface area contributed by atoms with E-state index >= 15 is 0 Å². The summed E-state index contributed by atoms with van der Waals surface area (Å²) in [4.78, 5) is 47.0. The van der Waals surface area contributed by atoms with E-state index in [1.54, 1.807) is 9.80 Å². The van der Waals surface area contributed by atoms with Crippen molar-refractivity contribution in [3.8, 4) is 0 Å². The quantitative estimate of drug-likeness (QED) is 0.478. The van der Waals surface area contributed by atoms with Crippen LogP contribution in [0.2, 0.25) is 0 Å². The average Bonchev–Trinajstić information content (AvgIpc) is 3.36. The SMILES string of the molecule is CCC(CC)[C@@H]1C(=O)N[C@H](C2Cc3ccccc3C2)C(=O)N1Cc1ccccc1C(=O)N(C)CCCN(C)C. The van der Waals surface area contributed by atoms with Crippen molar-refractivity contribution in [3.05, 3.63) is 70.8 Å². The monoisotopic (exact) mass is 532 g/mol. The fraction of sp³-hybridized carbons (Fsp3) is 0.531. The Kier molecular flexibility index (Phi) is 9.44. The predicted molar refractivity (Wildman–Crippen MR) is 154 cm³/mol. The van der Waals surface area contributed by atoms with Crippen LogP contribution in [0.3, 0.4) is 0 Å². The van der Waals surface area contributed by atoms with Crippen LogP contribution in [0.15, 0.2) is 48.5 Å². The second-order valence-corrected chi connectivity index (χ2v) is 11.5. The maximum atomic E-state index is 14.2. The maximum absolute atomic E-state index is 14.2. The van der Waals surface area contributed by atoms with E-state index in [9.17, 15) is 14.4 Å². The number of nitrogens with zero attached hydrogens (tertiary/aromatic N) is 3. The van der Waals surface area contributed by atoms with Gasteiger partial charge in [0.15, 0.2) is 0 Å². The molecule has 39 heavy (non-hydrogen) atoms. The normalized spacial score (nSPS) is 19.5. The van der Waals surface area contributed by atoms with Gasteiger partial charge in [-0.15, -0.1) is 0 Å². The molecule has 7 heteroatoms. The van der Waals surface area contributed by atoms with Crippen molar-refractivity contribution in [1.82, 2.24) is 20.0 Å². The van der Waals surface area contributed by atoms with E-state index in [1.165, 1.54) is 11.1 Å². The van der Waals surface area contributed by atoms with E-state index < -0.39 is 12.1 Å². The molecule has 2 aromatic rings. The van der Waals surface area contributed by atoms with E-state index in [-0.39, 0.29) is 36.1 Å². The molecular formula is C32H44N4O3. The van der Waals surface area contributed by atoms with Gasteiger partial charge >= 0.3 is 0 Å². The molecule has 1 fully saturated rings. The zero-order valence-electron chi connectivity index (χ0n) is 24.2. The molecule has 0 unspecified atom stereocenters. The Morgan fingerprint density at radius 2 is 1.56 bits per heavy atom. The van der Waals surface area contributed by atoms with Gasteiger partial charge in [0.05, 0.1) is 0 Å². The number of hydrogen-bond donors (Lipinski definition) is 1. The third-order valence-corrected chi connectivity index (χ3v) is 8.53. The molecule has 3 amide bonds. The van der Waals surface area contributed by atoms with Crippen molar-refractivity contribution in [1.29, 1.82) is 0 Å². The van der Waals surface area contributed by atoms with Crippen LogP contribution in [-0.2, 0) is 29.0 Å². The highest BCUT2D eigenvalue weighted by Gasteiger charge is 2.47. The molecule has 0 spiro atoms. The molecule has 2 aromatic carbocycles. The molecule has 0 aromatic heterocycles. The minimum atomic E-state index is -0.563. The lowest BCUT2D eigenvalue weighted by Crippen LogP contribution is -2.66. The molecule has 1 N–H and O–H groups in total. The van der Waals surface area contributed by atoms with E-state index in [1.807, 2.05) is 57.5 Å². The molecule has 0 bridgehead atoms. The minimum absolute atomic E-state index is 0.0312. The number of rotatable bonds is 11. The molecule has 1 aliphatic carbocycles. The number of piperazine rings is 1. The Labute approximate surface area is 233 Å². The van der Waals surface area contributed by atoms with Gasteiger partial charge in [-0.05, 0) is 74.5 Å². The van der Waals surface area contributed by atoms with Crippen LogP contribution >= 0.6 is 0 Å². The summed E-state index contributed by atoms with van der Waals surface area (Å²) in [5, 5.41) is 3.14. The number of amides is 3. The lowest BCUT2D eigenvalue weighted by molar-refractivity contribution is -0.154. The first kappa shape index (κ1) is 28.8. The van der Waals surface area contributed by atoms with E-state index in [2.05, 4.69) is 36.2 Å². The van der Waals surface area contributed by atoms with Gasteiger partial charge in [0.25, 0.3) is 5.91 Å². The summed E-state index contributed by atoms with van der Waals surface area (Å²) >= 11 is 0. The lowest BCUT2D eigenvalue weighted by Gasteiger charge is -2.44. The first-order valence-corrected chi connectivity index (χ1v) is 14.4. The molecule has 2 atom stereocenters. The van der Waals surface area contributed by atoms with Crippen LogP contribution in [0.25, 0.3) is 0 Å². The van der Waals surface area contributed by atoms with Crippen LogP contribution < -0.4 is 5.32 Å². The van der Waals surface area contributed by atoms with Crippen molar-refractivity contribution in [2.45, 2.75) is 64.6 Å². The number of carbonyl (C=O) groups excluding carboxylic acids is 3. The van der Waals surface area contributed by atoms with Crippen LogP contribution in [0.1, 0.15) is 60.2 Å². The van der Waals surface area contributed by atoms with Crippen LogP contribution in [0.5, 0.6) is 0 Å². The highest BCUT2D eigenvalue weighted by Crippen LogP contribution is 2.33. The fourth-order valence-corrected chi connectivity index (χ4v) is 6.27. The number of fused-ring (bicyclic) bond motifs is 1. The minimum Gasteiger partial charge on any atom is -0.342 e. The van der Waals surface area contributed by atoms with Gasteiger partial charge < -0.3 is 20.0 Å². The molecule has 210 valence electrons. The average molecular weight is 533 g/mol. The Morgan fingerprint density at radius 3 is 2.18 bits per heavy atom. The Morgan fingerprint density at radius 1 is 0.949 bits per heavy atom. The van der Waals surface area contributed by atoms with Gasteiger partial charge in [-0.1, -0.05) is 69.2 Å². The number of carbonyl (C=O) groups is 3. The third-order valence-electron chi connectivity index (χ3n) is 8.53. The summed E-state index contributed by atoms with van der Waals surface area (Å²) in [7, 11) is 5.88. The van der Waals surface area contributed by atoms with Gasteiger partial charge in [0.1, 0.15) is 12.1 Å². The summed E-state index contributed by atoms with van der Waals surface area (Å²) in [5.74, 6) is -0.0872. The van der Waals surface area contributed by atoms with Crippen molar-refractivity contribution < 1.29 is 14.4 Å². The standard InChI is InChI=1S/C32H44N4O3/c1-6-22(7-2)29-30(37)33-28(26-19-23-13-8-9-14-24(23)20-26)32(39)36(29)21-25-15-10-11-16-27(25)31(38)35(5)18-12-17-34(3)4/h8-11,13-16,22,26,28-29H,6-7,12,17-21H2,1-5H3,(H,33,37)/t28-,29-/m1/s1. The van der Waals surface area contributed by atoms with Crippen LogP contribution in [0, 0.1) is 11.8 Å². The van der Waals surface area contributed by atoms with Gasteiger partial charge in [-0.2, -0.15) is 0 Å². The highest BCUT2D eigenvalue weighted by molar-refractivity contribution is 5.98. The zero-order chi connectivity index (χ0) is 28.1. The molecule has 4 rings (SSSR count). The predicted octanol–water partition coefficient (Wildman–Crippen LogP) is 3.76. The second-order valence-electron chi connectivity index (χ2n) is 11.5. The van der Waals surface area contributed by atoms with Gasteiger partial charge in [0, 0.05) is 25.7 Å². The molecular weight excluding hydrogens is 488 g/mol. The number of nitrogens with one attached hydrogen (secondary N) is 1. The van der Waals surface area contributed by atoms with Crippen molar-refractivity contribution in [3.63, 3.8) is 0 Å². The Hall–Kier alpha value is -3.19. The third kappa shape index (κ3) is 6.35. The molecule has 0 radical (unpaired) electrons.